The van der Waals surface area contributed by atoms with Gasteiger partial charge in [0.25, 0.3) is 11.9 Å². The molecule has 3 aromatic heterocycles. The number of aryl methyl sites for hydroxylation is 1. The number of carbonyl (C=O) groups excluding carboxylic acids is 1. The van der Waals surface area contributed by atoms with Gasteiger partial charge in [-0.15, -0.1) is 0 Å². The van der Waals surface area contributed by atoms with Crippen molar-refractivity contribution in [1.82, 2.24) is 30.2 Å². The number of piperidine rings is 1. The van der Waals surface area contributed by atoms with Crippen molar-refractivity contribution in [1.29, 1.82) is 0 Å². The first kappa shape index (κ1) is 25.4. The fourth-order valence-corrected chi connectivity index (χ4v) is 5.91. The molecule has 204 valence electrons. The first-order chi connectivity index (χ1) is 19.1. The van der Waals surface area contributed by atoms with Gasteiger partial charge in [0.05, 0.1) is 18.1 Å². The average Bonchev–Trinajstić information content (AvgIpc) is 3.59. The highest BCUT2D eigenvalue weighted by atomic mass is 16.4. The highest BCUT2D eigenvalue weighted by Crippen LogP contribution is 2.28. The quantitative estimate of drug-likeness (QED) is 0.330. The number of pyridine rings is 1. The van der Waals surface area contributed by atoms with E-state index < -0.39 is 0 Å². The van der Waals surface area contributed by atoms with E-state index in [4.69, 9.17) is 4.42 Å². The second-order valence-corrected chi connectivity index (χ2v) is 10.6. The third-order valence-electron chi connectivity index (χ3n) is 7.87. The van der Waals surface area contributed by atoms with E-state index >= 15 is 0 Å². The molecule has 1 aromatic carbocycles. The lowest BCUT2D eigenvalue weighted by Crippen LogP contribution is -2.54. The van der Waals surface area contributed by atoms with E-state index in [1.807, 2.05) is 35.7 Å². The summed E-state index contributed by atoms with van der Waals surface area (Å²) in [5, 5.41) is 14.7. The molecule has 1 saturated heterocycles. The van der Waals surface area contributed by atoms with Crippen molar-refractivity contribution in [2.75, 3.05) is 30.4 Å². The molecule has 4 heterocycles. The lowest BCUT2D eigenvalue weighted by molar-refractivity contribution is 0.0963. The van der Waals surface area contributed by atoms with Gasteiger partial charge < -0.3 is 25.3 Å². The average molecular weight is 529 g/mol. The third kappa shape index (κ3) is 5.61. The van der Waals surface area contributed by atoms with Gasteiger partial charge in [-0.2, -0.15) is 5.10 Å². The minimum absolute atomic E-state index is 0.124. The largest absolute Gasteiger partial charge is 0.424 e. The Bertz CT molecular complexity index is 1450. The summed E-state index contributed by atoms with van der Waals surface area (Å²) in [7, 11) is 1.63. The molecule has 3 N–H and O–H groups in total. The topological polar surface area (TPSA) is 113 Å². The monoisotopic (exact) mass is 528 g/mol. The molecule has 1 aliphatic carbocycles. The van der Waals surface area contributed by atoms with Crippen molar-refractivity contribution in [2.45, 2.75) is 63.6 Å². The maximum atomic E-state index is 12.0. The highest BCUT2D eigenvalue weighted by Gasteiger charge is 2.30. The molecule has 1 saturated carbocycles. The minimum Gasteiger partial charge on any atom is -0.424 e. The number of rotatable bonds is 7. The van der Waals surface area contributed by atoms with Crippen LogP contribution in [0.1, 0.15) is 54.7 Å². The molecule has 2 aliphatic rings. The first-order valence-corrected chi connectivity index (χ1v) is 13.9. The number of carbonyl (C=O) groups is 1. The summed E-state index contributed by atoms with van der Waals surface area (Å²) >= 11 is 0. The molecule has 1 aliphatic heterocycles. The van der Waals surface area contributed by atoms with E-state index in [1.54, 1.807) is 19.3 Å². The second-order valence-electron chi connectivity index (χ2n) is 10.6. The second kappa shape index (κ2) is 11.1. The lowest BCUT2D eigenvalue weighted by Gasteiger charge is -2.40. The van der Waals surface area contributed by atoms with Crippen molar-refractivity contribution in [3.8, 4) is 11.3 Å². The van der Waals surface area contributed by atoms with E-state index in [0.29, 0.717) is 29.4 Å². The SMILES string of the molecule is CNC(=O)c1cccc(-c2cnc(NC3CCCCC3NC3CCCN(c4ccc5nc(C)nn5c4)C3)o2)c1. The Hall–Kier alpha value is -3.92. The van der Waals surface area contributed by atoms with E-state index in [1.165, 1.54) is 18.5 Å². The van der Waals surface area contributed by atoms with Gasteiger partial charge in [0, 0.05) is 49.4 Å². The first-order valence-electron chi connectivity index (χ1n) is 13.9. The smallest absolute Gasteiger partial charge is 0.295 e. The van der Waals surface area contributed by atoms with Crippen LogP contribution in [0.25, 0.3) is 17.0 Å². The third-order valence-corrected chi connectivity index (χ3v) is 7.87. The summed E-state index contributed by atoms with van der Waals surface area (Å²) in [6.07, 6.45) is 10.7. The Morgan fingerprint density at radius 3 is 2.82 bits per heavy atom. The number of fused-ring (bicyclic) bond motifs is 1. The molecule has 3 unspecified atom stereocenters. The van der Waals surface area contributed by atoms with Crippen molar-refractivity contribution in [2.24, 2.45) is 0 Å². The Morgan fingerprint density at radius 2 is 1.95 bits per heavy atom. The van der Waals surface area contributed by atoms with Gasteiger partial charge in [-0.3, -0.25) is 4.79 Å². The van der Waals surface area contributed by atoms with E-state index in [2.05, 4.69) is 48.2 Å². The normalized spacial score (nSPS) is 21.7. The molecule has 4 aromatic rings. The van der Waals surface area contributed by atoms with Gasteiger partial charge >= 0.3 is 0 Å². The molecule has 3 atom stereocenters. The molecule has 0 bridgehead atoms. The molecule has 0 radical (unpaired) electrons. The maximum Gasteiger partial charge on any atom is 0.295 e. The maximum absolute atomic E-state index is 12.0. The van der Waals surface area contributed by atoms with Crippen LogP contribution in [-0.4, -0.2) is 63.8 Å². The van der Waals surface area contributed by atoms with Gasteiger partial charge in [0.2, 0.25) is 0 Å². The molecule has 39 heavy (non-hydrogen) atoms. The lowest BCUT2D eigenvalue weighted by atomic mass is 9.89. The molecule has 6 rings (SSSR count). The zero-order valence-electron chi connectivity index (χ0n) is 22.6. The summed E-state index contributed by atoms with van der Waals surface area (Å²) in [4.78, 5) is 23.5. The van der Waals surface area contributed by atoms with Crippen LogP contribution in [0.15, 0.2) is 53.2 Å². The number of aromatic nitrogens is 4. The fraction of sp³-hybridized carbons (Fsp3) is 0.448. The molecular formula is C29H36N8O2. The van der Waals surface area contributed by atoms with E-state index in [9.17, 15) is 4.79 Å². The van der Waals surface area contributed by atoms with Crippen molar-refractivity contribution in [3.63, 3.8) is 0 Å². The van der Waals surface area contributed by atoms with Crippen molar-refractivity contribution < 1.29 is 9.21 Å². The predicted octanol–water partition coefficient (Wildman–Crippen LogP) is 4.03. The minimum atomic E-state index is -0.124. The van der Waals surface area contributed by atoms with E-state index in [0.717, 1.165) is 55.8 Å². The fourth-order valence-electron chi connectivity index (χ4n) is 5.91. The molecule has 10 nitrogen and oxygen atoms in total. The number of nitrogens with zero attached hydrogens (tertiary/aromatic N) is 5. The number of hydrogen-bond donors (Lipinski definition) is 3. The predicted molar refractivity (Wildman–Crippen MR) is 151 cm³/mol. The van der Waals surface area contributed by atoms with Gasteiger partial charge in [-0.25, -0.2) is 14.5 Å². The molecular weight excluding hydrogens is 492 g/mol. The standard InChI is InChI=1S/C29H36N8O2/c1-19-32-27-13-12-23(18-37(27)35-19)36-14-6-9-22(17-36)33-24-10-3-4-11-25(24)34-29-31-16-26(39-29)20-7-5-8-21(15-20)28(38)30-2/h5,7-8,12-13,15-16,18,22,24-25,33H,3-4,6,9-11,14,17H2,1-2H3,(H,30,38)(H,31,34). The summed E-state index contributed by atoms with van der Waals surface area (Å²) in [5.74, 6) is 1.31. The Balaban J connectivity index is 1.11. The van der Waals surface area contributed by atoms with Gasteiger partial charge in [0.1, 0.15) is 5.82 Å². The Labute approximate surface area is 228 Å². The van der Waals surface area contributed by atoms with Crippen LogP contribution in [-0.2, 0) is 0 Å². The number of hydrogen-bond acceptors (Lipinski definition) is 8. The van der Waals surface area contributed by atoms with Crippen molar-refractivity contribution in [3.05, 3.63) is 60.2 Å². The van der Waals surface area contributed by atoms with Crippen LogP contribution in [0.2, 0.25) is 0 Å². The number of amides is 1. The van der Waals surface area contributed by atoms with E-state index in [-0.39, 0.29) is 11.9 Å². The zero-order chi connectivity index (χ0) is 26.8. The summed E-state index contributed by atoms with van der Waals surface area (Å²) in [6.45, 7) is 3.93. The molecule has 0 spiro atoms. The number of oxazole rings is 1. The highest BCUT2D eigenvalue weighted by molar-refractivity contribution is 5.95. The van der Waals surface area contributed by atoms with Crippen LogP contribution in [0.4, 0.5) is 11.7 Å². The van der Waals surface area contributed by atoms with Gasteiger partial charge in [-0.1, -0.05) is 25.0 Å². The van der Waals surface area contributed by atoms with Crippen LogP contribution >= 0.6 is 0 Å². The Kier molecular flexibility index (Phi) is 7.19. The van der Waals surface area contributed by atoms with Crippen LogP contribution in [0, 0.1) is 6.92 Å². The summed E-state index contributed by atoms with van der Waals surface area (Å²) in [6, 6.07) is 13.1. The zero-order valence-corrected chi connectivity index (χ0v) is 22.6. The molecule has 1 amide bonds. The van der Waals surface area contributed by atoms with Gasteiger partial charge in [0.15, 0.2) is 11.4 Å². The van der Waals surface area contributed by atoms with Crippen LogP contribution < -0.4 is 20.9 Å². The molecule has 2 fully saturated rings. The van der Waals surface area contributed by atoms with Gasteiger partial charge in [-0.05, 0) is 56.9 Å². The van der Waals surface area contributed by atoms with Crippen molar-refractivity contribution >= 4 is 23.3 Å². The van der Waals surface area contributed by atoms with Crippen LogP contribution in [0.5, 0.6) is 0 Å². The summed E-state index contributed by atoms with van der Waals surface area (Å²) in [5.41, 5.74) is 3.49. The van der Waals surface area contributed by atoms with Crippen LogP contribution in [0.3, 0.4) is 0 Å². The number of benzene rings is 1. The number of nitrogens with one attached hydrogen (secondary N) is 3. The molecule has 10 heteroatoms. The Morgan fingerprint density at radius 1 is 1.08 bits per heavy atom. The summed E-state index contributed by atoms with van der Waals surface area (Å²) < 4.78 is 7.96. The number of anilines is 2.